The van der Waals surface area contributed by atoms with Crippen LogP contribution < -0.4 is 16.4 Å². The van der Waals surface area contributed by atoms with E-state index in [2.05, 4.69) is 25.0 Å². The summed E-state index contributed by atoms with van der Waals surface area (Å²) in [6, 6.07) is 0. The molecule has 0 saturated heterocycles. The molecule has 0 aliphatic carbocycles. The molecule has 3 rings (SSSR count). The van der Waals surface area contributed by atoms with Crippen molar-refractivity contribution >= 4 is 46.3 Å². The number of hydrazine groups is 1. The number of carbonyl (C=O) groups excluding carboxylic acids is 1. The molecule has 13 heteroatoms. The minimum atomic E-state index is -0.470. The van der Waals surface area contributed by atoms with E-state index < -0.39 is 5.97 Å². The van der Waals surface area contributed by atoms with Crippen molar-refractivity contribution in [2.45, 2.75) is 17.2 Å². The molecule has 0 bridgehead atoms. The molecule has 0 radical (unpaired) electrons. The second-order valence-electron chi connectivity index (χ2n) is 5.52. The van der Waals surface area contributed by atoms with Gasteiger partial charge in [0.25, 0.3) is 5.56 Å². The number of hydrogen-bond donors (Lipinski definition) is 2. The lowest BCUT2D eigenvalue weighted by atomic mass is 10.3. The Labute approximate surface area is 175 Å². The Hall–Kier alpha value is -2.64. The van der Waals surface area contributed by atoms with Crippen molar-refractivity contribution in [2.75, 3.05) is 31.2 Å². The summed E-state index contributed by atoms with van der Waals surface area (Å²) in [5.41, 5.74) is 0.763. The van der Waals surface area contributed by atoms with Crippen molar-refractivity contribution in [1.82, 2.24) is 29.7 Å². The minimum absolute atomic E-state index is 0.148. The maximum atomic E-state index is 11.6. The van der Waals surface area contributed by atoms with Crippen molar-refractivity contribution in [3.63, 3.8) is 0 Å². The number of rotatable bonds is 5. The molecule has 11 nitrogen and oxygen atoms in total. The summed E-state index contributed by atoms with van der Waals surface area (Å²) in [5, 5.41) is 5.64. The molecular weight excluding hydrogens is 416 g/mol. The monoisotopic (exact) mass is 438 g/mol. The zero-order valence-corrected chi connectivity index (χ0v) is 18.3. The first-order valence-corrected chi connectivity index (χ1v) is 10.8. The lowest BCUT2D eigenvalue weighted by Crippen LogP contribution is -2.29. The van der Waals surface area contributed by atoms with Crippen LogP contribution in [0, 0.1) is 0 Å². The first-order valence-electron chi connectivity index (χ1n) is 8.34. The topological polar surface area (TPSA) is 145 Å². The van der Waals surface area contributed by atoms with E-state index in [-0.39, 0.29) is 11.1 Å². The number of nitrogens with one attached hydrogen (secondary N) is 1. The van der Waals surface area contributed by atoms with Crippen LogP contribution in [-0.4, -0.2) is 61.9 Å². The number of nitrogens with two attached hydrogens (primary N) is 1. The molecule has 0 aliphatic heterocycles. The third-order valence-electron chi connectivity index (χ3n) is 3.52. The lowest BCUT2D eigenvalue weighted by molar-refractivity contribution is 0.0526. The van der Waals surface area contributed by atoms with Gasteiger partial charge in [-0.25, -0.2) is 30.6 Å². The molecule has 0 aliphatic rings. The number of hydrogen-bond acceptors (Lipinski definition) is 11. The molecule has 3 N–H and O–H groups in total. The van der Waals surface area contributed by atoms with Crippen LogP contribution in [0.25, 0.3) is 11.0 Å². The smallest absolute Gasteiger partial charge is 0.343 e. The van der Waals surface area contributed by atoms with E-state index in [0.717, 1.165) is 0 Å². The van der Waals surface area contributed by atoms with Gasteiger partial charge in [-0.2, -0.15) is 0 Å². The maximum Gasteiger partial charge on any atom is 0.343 e. The number of anilines is 1. The van der Waals surface area contributed by atoms with Gasteiger partial charge in [-0.05, 0) is 19.4 Å². The SMILES string of the molecule is CCOC(=O)c1cnc(SC)nc1N(C)N.CSc1ncc2c(=O)[nH]n(C)c2n1. The fourth-order valence-electron chi connectivity index (χ4n) is 2.21. The summed E-state index contributed by atoms with van der Waals surface area (Å²) in [7, 11) is 3.36. The maximum absolute atomic E-state index is 11.6. The van der Waals surface area contributed by atoms with E-state index in [1.54, 1.807) is 31.9 Å². The molecule has 3 aromatic heterocycles. The van der Waals surface area contributed by atoms with Crippen LogP contribution in [0.2, 0.25) is 0 Å². The second-order valence-corrected chi connectivity index (χ2v) is 7.07. The number of esters is 1. The van der Waals surface area contributed by atoms with E-state index in [1.165, 1.54) is 34.7 Å². The summed E-state index contributed by atoms with van der Waals surface area (Å²) in [4.78, 5) is 39.2. The van der Waals surface area contributed by atoms with Gasteiger partial charge in [-0.15, -0.1) is 0 Å². The van der Waals surface area contributed by atoms with Crippen LogP contribution in [0.3, 0.4) is 0 Å². The first kappa shape index (κ1) is 22.6. The highest BCUT2D eigenvalue weighted by Gasteiger charge is 2.17. The number of thioether (sulfide) groups is 2. The summed E-state index contributed by atoms with van der Waals surface area (Å²) >= 11 is 2.83. The zero-order valence-electron chi connectivity index (χ0n) is 16.7. The summed E-state index contributed by atoms with van der Waals surface area (Å²) in [5.74, 6) is 5.49. The van der Waals surface area contributed by atoms with E-state index in [9.17, 15) is 9.59 Å². The minimum Gasteiger partial charge on any atom is -0.462 e. The van der Waals surface area contributed by atoms with E-state index in [4.69, 9.17) is 10.6 Å². The molecule has 3 aromatic rings. The standard InChI is InChI=1S/C9H14N4O2S.C7H8N4OS/c1-4-15-8(14)6-5-11-9(16-3)12-7(6)13(2)10;1-11-5-4(6(12)10-11)3-8-7(9-5)13-2/h5H,4,10H2,1-3H3;3H,1-2H3,(H,10,12). The van der Waals surface area contributed by atoms with Gasteiger partial charge in [-0.1, -0.05) is 23.5 Å². The van der Waals surface area contributed by atoms with E-state index in [0.29, 0.717) is 33.8 Å². The fourth-order valence-corrected chi connectivity index (χ4v) is 2.89. The molecule has 3 heterocycles. The normalized spacial score (nSPS) is 10.4. The summed E-state index contributed by atoms with van der Waals surface area (Å²) in [6.45, 7) is 2.04. The van der Waals surface area contributed by atoms with Gasteiger partial charge in [0, 0.05) is 26.5 Å². The highest BCUT2D eigenvalue weighted by Crippen LogP contribution is 2.18. The number of nitrogens with zero attached hydrogens (tertiary/aromatic N) is 6. The number of aromatic amines is 1. The Balaban J connectivity index is 0.000000211. The molecule has 0 unspecified atom stereocenters. The van der Waals surface area contributed by atoms with Crippen molar-refractivity contribution in [3.8, 4) is 0 Å². The number of aromatic nitrogens is 6. The number of fused-ring (bicyclic) bond motifs is 1. The third-order valence-corrected chi connectivity index (χ3v) is 4.64. The Morgan fingerprint density at radius 2 is 1.86 bits per heavy atom. The summed E-state index contributed by atoms with van der Waals surface area (Å²) < 4.78 is 6.48. The molecule has 0 spiro atoms. The highest BCUT2D eigenvalue weighted by atomic mass is 32.2. The Kier molecular flexibility index (Phi) is 7.99. The van der Waals surface area contributed by atoms with Gasteiger partial charge in [0.2, 0.25) is 0 Å². The van der Waals surface area contributed by atoms with Crippen LogP contribution >= 0.6 is 23.5 Å². The van der Waals surface area contributed by atoms with E-state index in [1.807, 2.05) is 12.5 Å². The molecule has 0 atom stereocenters. The molecule has 0 fully saturated rings. The predicted octanol–water partition coefficient (Wildman–Crippen LogP) is 1.06. The molecule has 0 amide bonds. The third kappa shape index (κ3) is 5.46. The zero-order chi connectivity index (χ0) is 21.6. The number of ether oxygens (including phenoxy) is 1. The highest BCUT2D eigenvalue weighted by molar-refractivity contribution is 7.98. The molecular formula is C16H22N8O3S2. The van der Waals surface area contributed by atoms with Gasteiger partial charge in [0.15, 0.2) is 21.8 Å². The first-order chi connectivity index (χ1) is 13.8. The largest absolute Gasteiger partial charge is 0.462 e. The second kappa shape index (κ2) is 10.2. The Bertz CT molecular complexity index is 1050. The molecule has 0 saturated carbocycles. The molecule has 156 valence electrons. The predicted molar refractivity (Wildman–Crippen MR) is 113 cm³/mol. The average Bonchev–Trinajstić information content (AvgIpc) is 3.01. The van der Waals surface area contributed by atoms with Crippen LogP contribution in [0.1, 0.15) is 17.3 Å². The molecule has 0 aromatic carbocycles. The van der Waals surface area contributed by atoms with Crippen molar-refractivity contribution in [2.24, 2.45) is 12.9 Å². The quantitative estimate of drug-likeness (QED) is 0.194. The summed E-state index contributed by atoms with van der Waals surface area (Å²) in [6.07, 6.45) is 6.72. The van der Waals surface area contributed by atoms with Crippen LogP contribution in [-0.2, 0) is 11.8 Å². The molecule has 29 heavy (non-hydrogen) atoms. The van der Waals surface area contributed by atoms with Gasteiger partial charge >= 0.3 is 5.97 Å². The van der Waals surface area contributed by atoms with Gasteiger partial charge in [0.1, 0.15) is 10.9 Å². The Morgan fingerprint density at radius 1 is 1.24 bits per heavy atom. The number of aryl methyl sites for hydroxylation is 1. The van der Waals surface area contributed by atoms with Crippen molar-refractivity contribution < 1.29 is 9.53 Å². The van der Waals surface area contributed by atoms with Gasteiger partial charge < -0.3 is 4.74 Å². The van der Waals surface area contributed by atoms with Gasteiger partial charge in [0.05, 0.1) is 6.61 Å². The fraction of sp³-hybridized carbons (Fsp3) is 0.375. The van der Waals surface area contributed by atoms with Crippen LogP contribution in [0.5, 0.6) is 0 Å². The van der Waals surface area contributed by atoms with E-state index >= 15 is 0 Å². The number of carbonyl (C=O) groups is 1. The van der Waals surface area contributed by atoms with Crippen molar-refractivity contribution in [1.29, 1.82) is 0 Å². The lowest BCUT2D eigenvalue weighted by Gasteiger charge is -2.14. The Morgan fingerprint density at radius 3 is 2.45 bits per heavy atom. The van der Waals surface area contributed by atoms with Gasteiger partial charge in [-0.3, -0.25) is 19.6 Å². The van der Waals surface area contributed by atoms with Crippen LogP contribution in [0.15, 0.2) is 27.5 Å². The van der Waals surface area contributed by atoms with Crippen LogP contribution in [0.4, 0.5) is 5.82 Å². The average molecular weight is 439 g/mol. The number of H-pyrrole nitrogens is 1. The van der Waals surface area contributed by atoms with Crippen molar-refractivity contribution in [3.05, 3.63) is 28.3 Å².